The molecule has 0 unspecified atom stereocenters. The zero-order valence-corrected chi connectivity index (χ0v) is 27.3. The van der Waals surface area contributed by atoms with Crippen LogP contribution in [0.15, 0.2) is 5.16 Å². The van der Waals surface area contributed by atoms with Gasteiger partial charge in [-0.2, -0.15) is 15.0 Å². The van der Waals surface area contributed by atoms with Crippen molar-refractivity contribution in [1.82, 2.24) is 20.3 Å². The Balaban J connectivity index is 1.20. The van der Waals surface area contributed by atoms with Gasteiger partial charge in [0.1, 0.15) is 6.04 Å². The summed E-state index contributed by atoms with van der Waals surface area (Å²) in [6.07, 6.45) is 5.22. The van der Waals surface area contributed by atoms with Crippen LogP contribution in [-0.2, 0) is 9.59 Å². The molecule has 1 heterocycles. The van der Waals surface area contributed by atoms with E-state index in [0.717, 1.165) is 43.9 Å². The highest BCUT2D eigenvalue weighted by atomic mass is 35.5. The number of aliphatic carboxylic acids is 1. The Hall–Kier alpha value is -1.24. The fourth-order valence-electron chi connectivity index (χ4n) is 9.66. The number of hydrogen-bond acceptors (Lipinski definition) is 9. The molecule has 43 heavy (non-hydrogen) atoms. The molecule has 0 radical (unpaired) electrons. The third kappa shape index (κ3) is 6.41. The maximum absolute atomic E-state index is 12.9. The van der Waals surface area contributed by atoms with E-state index in [9.17, 15) is 30.0 Å². The minimum absolute atomic E-state index is 0.00845. The molecule has 4 saturated carbocycles. The maximum Gasteiger partial charge on any atom is 0.327 e. The number of thioether (sulfide) groups is 1. The molecule has 0 spiro atoms. The molecule has 1 aromatic heterocycles. The molecule has 240 valence electrons. The molecule has 1 aromatic rings. The van der Waals surface area contributed by atoms with Crippen LogP contribution < -0.4 is 5.32 Å². The number of nitrogens with zero attached hydrogens (tertiary/aromatic N) is 3. The third-order valence-electron chi connectivity index (χ3n) is 11.9. The number of fused-ring (bicyclic) bond motifs is 5. The summed E-state index contributed by atoms with van der Waals surface area (Å²) in [6, 6.07) is -1.15. The molecule has 0 aromatic carbocycles. The van der Waals surface area contributed by atoms with Gasteiger partial charge in [0.25, 0.3) is 0 Å². The number of carboxylic acids is 1. The van der Waals surface area contributed by atoms with Crippen molar-refractivity contribution in [1.29, 1.82) is 0 Å². The zero-order chi connectivity index (χ0) is 31.3. The number of carbonyl (C=O) groups excluding carboxylic acids is 1. The number of carboxylic acid groups (broad SMARTS) is 1. The molecule has 5 rings (SSSR count). The molecule has 0 aliphatic heterocycles. The Morgan fingerprint density at radius 2 is 1.72 bits per heavy atom. The lowest BCUT2D eigenvalue weighted by Gasteiger charge is -2.63. The van der Waals surface area contributed by atoms with Crippen molar-refractivity contribution in [2.24, 2.45) is 46.3 Å². The van der Waals surface area contributed by atoms with E-state index in [1.807, 2.05) is 0 Å². The second kappa shape index (κ2) is 12.9. The molecular weight excluding hydrogens is 615 g/mol. The summed E-state index contributed by atoms with van der Waals surface area (Å²) >= 11 is 12.6. The largest absolute Gasteiger partial charge is 0.480 e. The molecule has 4 aliphatic carbocycles. The van der Waals surface area contributed by atoms with Gasteiger partial charge in [-0.25, -0.2) is 4.79 Å². The van der Waals surface area contributed by atoms with Gasteiger partial charge in [0.15, 0.2) is 5.16 Å². The van der Waals surface area contributed by atoms with E-state index in [4.69, 9.17) is 23.2 Å². The Kier molecular flexibility index (Phi) is 9.92. The third-order valence-corrected chi connectivity index (χ3v) is 13.2. The fourth-order valence-corrected chi connectivity index (χ4v) is 11.0. The lowest BCUT2D eigenvalue weighted by Crippen LogP contribution is -2.62. The van der Waals surface area contributed by atoms with Crippen molar-refractivity contribution in [3.8, 4) is 0 Å². The van der Waals surface area contributed by atoms with Gasteiger partial charge in [0.05, 0.1) is 18.3 Å². The summed E-state index contributed by atoms with van der Waals surface area (Å²) in [5, 5.41) is 45.9. The fraction of sp³-hybridized carbons (Fsp3) is 0.833. The molecule has 10 nitrogen and oxygen atoms in total. The highest BCUT2D eigenvalue weighted by Gasteiger charge is 2.65. The first kappa shape index (κ1) is 33.1. The zero-order valence-electron chi connectivity index (χ0n) is 25.0. The minimum atomic E-state index is -1.17. The van der Waals surface area contributed by atoms with Crippen LogP contribution in [0, 0.1) is 46.3 Å². The number of halogens is 2. The molecule has 12 atom stereocenters. The first-order valence-electron chi connectivity index (χ1n) is 15.5. The number of nitrogens with one attached hydrogen (secondary N) is 1. The molecule has 0 bridgehead atoms. The van der Waals surface area contributed by atoms with Crippen molar-refractivity contribution in [3.63, 3.8) is 0 Å². The number of hydrogen-bond donors (Lipinski definition) is 5. The smallest absolute Gasteiger partial charge is 0.327 e. The van der Waals surface area contributed by atoms with Gasteiger partial charge in [-0.05, 0) is 121 Å². The van der Waals surface area contributed by atoms with E-state index in [2.05, 4.69) is 41.0 Å². The van der Waals surface area contributed by atoms with E-state index in [-0.39, 0.29) is 86.2 Å². The number of carbonyl (C=O) groups is 2. The predicted molar refractivity (Wildman–Crippen MR) is 163 cm³/mol. The molecule has 4 fully saturated rings. The highest BCUT2D eigenvalue weighted by Crippen LogP contribution is 2.68. The summed E-state index contributed by atoms with van der Waals surface area (Å²) in [4.78, 5) is 36.2. The lowest BCUT2D eigenvalue weighted by molar-refractivity contribution is -0.207. The average molecular weight is 660 g/mol. The monoisotopic (exact) mass is 658 g/mol. The number of aliphatic hydroxyl groups excluding tert-OH is 3. The normalized spacial score (nSPS) is 40.1. The van der Waals surface area contributed by atoms with Crippen molar-refractivity contribution in [2.45, 2.75) is 108 Å². The molecular formula is C30H44Cl2N4O6S. The van der Waals surface area contributed by atoms with Crippen LogP contribution in [-0.4, -0.2) is 77.4 Å². The summed E-state index contributed by atoms with van der Waals surface area (Å²) in [5.41, 5.74) is -0.336. The van der Waals surface area contributed by atoms with Crippen LogP contribution in [0.3, 0.4) is 0 Å². The topological polar surface area (TPSA) is 166 Å². The maximum atomic E-state index is 12.9. The molecule has 1 amide bonds. The van der Waals surface area contributed by atoms with Crippen molar-refractivity contribution < 1.29 is 30.0 Å². The van der Waals surface area contributed by atoms with Gasteiger partial charge in [-0.15, -0.1) is 0 Å². The van der Waals surface area contributed by atoms with Gasteiger partial charge in [-0.1, -0.05) is 32.5 Å². The van der Waals surface area contributed by atoms with Crippen molar-refractivity contribution >= 4 is 46.8 Å². The van der Waals surface area contributed by atoms with Gasteiger partial charge in [0.2, 0.25) is 16.5 Å². The van der Waals surface area contributed by atoms with E-state index in [1.54, 1.807) is 0 Å². The van der Waals surface area contributed by atoms with E-state index in [0.29, 0.717) is 19.3 Å². The van der Waals surface area contributed by atoms with Crippen LogP contribution in [0.5, 0.6) is 0 Å². The predicted octanol–water partition coefficient (Wildman–Crippen LogP) is 4.22. The summed E-state index contributed by atoms with van der Waals surface area (Å²) in [7, 11) is 0. The van der Waals surface area contributed by atoms with E-state index < -0.39 is 24.2 Å². The van der Waals surface area contributed by atoms with Gasteiger partial charge in [-0.3, -0.25) is 4.79 Å². The minimum Gasteiger partial charge on any atom is -0.480 e. The van der Waals surface area contributed by atoms with Crippen LogP contribution in [0.25, 0.3) is 0 Å². The van der Waals surface area contributed by atoms with Crippen LogP contribution in [0.4, 0.5) is 0 Å². The summed E-state index contributed by atoms with van der Waals surface area (Å²) in [6.45, 7) is 6.64. The summed E-state index contributed by atoms with van der Waals surface area (Å²) < 4.78 is 0. The van der Waals surface area contributed by atoms with Crippen LogP contribution in [0.2, 0.25) is 10.6 Å². The van der Waals surface area contributed by atoms with Gasteiger partial charge < -0.3 is 25.7 Å². The Morgan fingerprint density at radius 3 is 2.40 bits per heavy atom. The first-order chi connectivity index (χ1) is 20.2. The number of rotatable bonds is 9. The van der Waals surface area contributed by atoms with Crippen LogP contribution >= 0.6 is 35.0 Å². The lowest BCUT2D eigenvalue weighted by atomic mass is 9.43. The second-order valence-corrected chi connectivity index (χ2v) is 15.6. The molecule has 5 N–H and O–H groups in total. The average Bonchev–Trinajstić information content (AvgIpc) is 3.29. The molecule has 4 aliphatic rings. The highest BCUT2D eigenvalue weighted by molar-refractivity contribution is 7.99. The Labute approximate surface area is 267 Å². The number of amides is 1. The standard InChI is InChI=1S/C30H44Cl2N4O6S/c1-14(4-7-23(40)33-20(25(41)42)13-43-28-35-26(31)34-27(32)36-28)17-5-6-18-24-19(12-22(39)30(17,18)3)29(2)9-8-16(37)10-15(29)11-21(24)38/h14-22,24,37-39H,4-13H2,1-3H3,(H,33,40)(H,41,42)/t14-,15+,16-,17-,18+,19+,20+,21-,22+,24+,29+,30-/m1/s1. The molecule has 0 saturated heterocycles. The van der Waals surface area contributed by atoms with E-state index >= 15 is 0 Å². The Bertz CT molecular complexity index is 1190. The number of aromatic nitrogens is 3. The molecule has 13 heteroatoms. The Morgan fingerprint density at radius 1 is 1.02 bits per heavy atom. The van der Waals surface area contributed by atoms with Crippen LogP contribution in [0.1, 0.15) is 78.6 Å². The van der Waals surface area contributed by atoms with Gasteiger partial charge >= 0.3 is 5.97 Å². The van der Waals surface area contributed by atoms with Crippen molar-refractivity contribution in [3.05, 3.63) is 10.6 Å². The second-order valence-electron chi connectivity index (χ2n) is 14.0. The SMILES string of the molecule is C[C@H](CCC(=O)N[C@@H](CSc1nc(Cl)nc(Cl)n1)C(=O)O)[C@H]1CC[C@H]2[C@@H]3[C@H](O)C[C@@H]4C[C@H](O)CC[C@]4(C)[C@H]3C[C@H](O)[C@]12C. The summed E-state index contributed by atoms with van der Waals surface area (Å²) in [5.74, 6) is -0.356. The van der Waals surface area contributed by atoms with E-state index in [1.165, 1.54) is 0 Å². The number of aliphatic hydroxyl groups is 3. The first-order valence-corrected chi connectivity index (χ1v) is 17.2. The van der Waals surface area contributed by atoms with Gasteiger partial charge in [0, 0.05) is 12.2 Å². The van der Waals surface area contributed by atoms with Crippen molar-refractivity contribution in [2.75, 3.05) is 5.75 Å². The quantitative estimate of drug-likeness (QED) is 0.243.